The van der Waals surface area contributed by atoms with E-state index in [0.717, 1.165) is 25.9 Å². The molecule has 1 unspecified atom stereocenters. The Morgan fingerprint density at radius 2 is 2.14 bits per heavy atom. The average molecular weight is 302 g/mol. The van der Waals surface area contributed by atoms with E-state index >= 15 is 0 Å². The minimum absolute atomic E-state index is 0.0590. The van der Waals surface area contributed by atoms with E-state index in [0.29, 0.717) is 5.56 Å². The zero-order valence-electron chi connectivity index (χ0n) is 12.7. The van der Waals surface area contributed by atoms with Crippen LogP contribution in [0.5, 0.6) is 5.75 Å². The van der Waals surface area contributed by atoms with E-state index in [-0.39, 0.29) is 23.9 Å². The molecule has 1 saturated heterocycles. The number of carbonyl (C=O) groups is 1. The van der Waals surface area contributed by atoms with Gasteiger partial charge in [0.2, 0.25) is 0 Å². The van der Waals surface area contributed by atoms with Crippen molar-refractivity contribution in [2.45, 2.75) is 25.0 Å². The molecule has 0 bridgehead atoms. The van der Waals surface area contributed by atoms with Crippen molar-refractivity contribution in [1.29, 1.82) is 0 Å². The Hall–Kier alpha value is -2.05. The summed E-state index contributed by atoms with van der Waals surface area (Å²) < 4.78 is 0. The lowest BCUT2D eigenvalue weighted by atomic mass is 10.0. The van der Waals surface area contributed by atoms with Crippen molar-refractivity contribution >= 4 is 5.91 Å². The van der Waals surface area contributed by atoms with Gasteiger partial charge in [-0.2, -0.15) is 0 Å². The van der Waals surface area contributed by atoms with Crippen LogP contribution in [-0.2, 0) is 0 Å². The van der Waals surface area contributed by atoms with E-state index in [1.807, 2.05) is 17.2 Å². The molecule has 118 valence electrons. The van der Waals surface area contributed by atoms with Crippen molar-refractivity contribution in [3.05, 3.63) is 42.1 Å². The molecule has 0 aliphatic carbocycles. The lowest BCUT2D eigenvalue weighted by Crippen LogP contribution is -2.55. The van der Waals surface area contributed by atoms with Crippen molar-refractivity contribution in [3.8, 4) is 5.75 Å². The normalized spacial score (nSPS) is 22.5. The quantitative estimate of drug-likeness (QED) is 0.773. The number of hydrogen-bond acceptors (Lipinski definition) is 5. The molecule has 1 fully saturated rings. The van der Waals surface area contributed by atoms with Gasteiger partial charge >= 0.3 is 0 Å². The molecule has 6 nitrogen and oxygen atoms in total. The molecule has 22 heavy (non-hydrogen) atoms. The van der Waals surface area contributed by atoms with Gasteiger partial charge in [0.15, 0.2) is 0 Å². The van der Waals surface area contributed by atoms with Crippen LogP contribution in [0.3, 0.4) is 0 Å². The number of phenols is 1. The molecule has 6 heteroatoms. The Labute approximate surface area is 130 Å². The van der Waals surface area contributed by atoms with E-state index in [2.05, 4.69) is 22.8 Å². The summed E-state index contributed by atoms with van der Waals surface area (Å²) in [6.45, 7) is 1.97. The third-order valence-electron chi connectivity index (χ3n) is 4.30. The van der Waals surface area contributed by atoms with Crippen LogP contribution < -0.4 is 10.9 Å². The van der Waals surface area contributed by atoms with Gasteiger partial charge in [0.05, 0.1) is 0 Å². The number of benzene rings is 1. The van der Waals surface area contributed by atoms with Crippen LogP contribution in [0.15, 0.2) is 36.5 Å². The van der Waals surface area contributed by atoms with Crippen LogP contribution in [-0.4, -0.2) is 53.2 Å². The maximum Gasteiger partial charge on any atom is 0.255 e. The molecule has 3 N–H and O–H groups in total. The van der Waals surface area contributed by atoms with Crippen molar-refractivity contribution < 1.29 is 9.90 Å². The monoisotopic (exact) mass is 302 g/mol. The smallest absolute Gasteiger partial charge is 0.255 e. The highest BCUT2D eigenvalue weighted by Crippen LogP contribution is 2.22. The Morgan fingerprint density at radius 1 is 1.36 bits per heavy atom. The molecule has 0 spiro atoms. The minimum Gasteiger partial charge on any atom is -0.508 e. The van der Waals surface area contributed by atoms with Crippen molar-refractivity contribution in [2.24, 2.45) is 0 Å². The number of likely N-dealkylation sites (tertiary alicyclic amines) is 1. The van der Waals surface area contributed by atoms with Gasteiger partial charge in [-0.25, -0.2) is 5.43 Å². The first-order valence-corrected chi connectivity index (χ1v) is 7.63. The summed E-state index contributed by atoms with van der Waals surface area (Å²) in [6.07, 6.45) is 5.49. The van der Waals surface area contributed by atoms with E-state index in [4.69, 9.17) is 0 Å². The Morgan fingerprint density at radius 3 is 2.77 bits per heavy atom. The number of piperidine rings is 1. The highest BCUT2D eigenvalue weighted by molar-refractivity contribution is 5.95. The average Bonchev–Trinajstić information content (AvgIpc) is 3.03. The summed E-state index contributed by atoms with van der Waals surface area (Å²) in [5.41, 5.74) is 6.55. The van der Waals surface area contributed by atoms with Gasteiger partial charge in [-0.1, -0.05) is 6.07 Å². The van der Waals surface area contributed by atoms with Gasteiger partial charge in [-0.3, -0.25) is 4.79 Å². The summed E-state index contributed by atoms with van der Waals surface area (Å²) in [5.74, 6) is 0.0542. The number of aromatic hydroxyl groups is 1. The molecule has 2 aliphatic heterocycles. The predicted molar refractivity (Wildman–Crippen MR) is 84.0 cm³/mol. The molecule has 0 aromatic heterocycles. The molecule has 0 saturated carbocycles. The lowest BCUT2D eigenvalue weighted by Gasteiger charge is -2.40. The Bertz CT molecular complexity index is 567. The molecule has 0 radical (unpaired) electrons. The second-order valence-electron chi connectivity index (χ2n) is 5.89. The van der Waals surface area contributed by atoms with E-state index in [9.17, 15) is 9.90 Å². The first-order chi connectivity index (χ1) is 10.6. The van der Waals surface area contributed by atoms with Gasteiger partial charge in [-0.05, 0) is 57.3 Å². The number of rotatable bonds is 3. The number of hydrogen-bond donors (Lipinski definition) is 3. The third kappa shape index (κ3) is 3.08. The predicted octanol–water partition coefficient (Wildman–Crippen LogP) is 0.876. The van der Waals surface area contributed by atoms with Crippen LogP contribution in [0.2, 0.25) is 0 Å². The van der Waals surface area contributed by atoms with Gasteiger partial charge in [0.1, 0.15) is 11.9 Å². The first-order valence-electron chi connectivity index (χ1n) is 7.63. The zero-order chi connectivity index (χ0) is 15.5. The number of hydrazine groups is 1. The third-order valence-corrected chi connectivity index (χ3v) is 4.30. The highest BCUT2D eigenvalue weighted by Gasteiger charge is 2.33. The van der Waals surface area contributed by atoms with Gasteiger partial charge < -0.3 is 20.3 Å². The fourth-order valence-corrected chi connectivity index (χ4v) is 3.06. The van der Waals surface area contributed by atoms with Gasteiger partial charge in [0, 0.05) is 17.8 Å². The summed E-state index contributed by atoms with van der Waals surface area (Å²) in [4.78, 5) is 17.1. The van der Waals surface area contributed by atoms with Crippen molar-refractivity contribution in [2.75, 3.05) is 20.1 Å². The van der Waals surface area contributed by atoms with Crippen LogP contribution in [0.25, 0.3) is 0 Å². The molecule has 1 amide bonds. The maximum atomic E-state index is 13.0. The number of carbonyl (C=O) groups excluding carboxylic acids is 1. The highest BCUT2D eigenvalue weighted by atomic mass is 16.3. The summed E-state index contributed by atoms with van der Waals surface area (Å²) >= 11 is 0. The second kappa shape index (κ2) is 6.37. The molecule has 2 heterocycles. The summed E-state index contributed by atoms with van der Waals surface area (Å²) in [6, 6.07) is 6.73. The minimum atomic E-state index is -0.164. The Kier molecular flexibility index (Phi) is 4.31. The number of nitrogens with zero attached hydrogens (tertiary/aromatic N) is 2. The van der Waals surface area contributed by atoms with E-state index in [1.165, 1.54) is 6.07 Å². The first kappa shape index (κ1) is 14.9. The van der Waals surface area contributed by atoms with Crippen molar-refractivity contribution in [3.63, 3.8) is 0 Å². The molecule has 3 rings (SSSR count). The SMILES string of the molecule is CN1CCC(N(C(=O)c2cccc(O)c2)C2C=CNN2)CC1. The summed E-state index contributed by atoms with van der Waals surface area (Å²) in [5, 5.41) is 9.63. The largest absolute Gasteiger partial charge is 0.508 e. The molecule has 1 aromatic rings. The molecule has 2 aliphatic rings. The zero-order valence-corrected chi connectivity index (χ0v) is 12.7. The number of phenolic OH excluding ortho intramolecular Hbond substituents is 1. The van der Waals surface area contributed by atoms with Crippen LogP contribution >= 0.6 is 0 Å². The second-order valence-corrected chi connectivity index (χ2v) is 5.89. The lowest BCUT2D eigenvalue weighted by molar-refractivity contribution is 0.0477. The van der Waals surface area contributed by atoms with Gasteiger partial charge in [0.25, 0.3) is 5.91 Å². The fourth-order valence-electron chi connectivity index (χ4n) is 3.06. The number of nitrogens with one attached hydrogen (secondary N) is 2. The van der Waals surface area contributed by atoms with Gasteiger partial charge in [-0.15, -0.1) is 0 Å². The molecule has 1 atom stereocenters. The van der Waals surface area contributed by atoms with E-state index in [1.54, 1.807) is 18.2 Å². The topological polar surface area (TPSA) is 67.8 Å². The summed E-state index contributed by atoms with van der Waals surface area (Å²) in [7, 11) is 2.10. The fraction of sp³-hybridized carbons (Fsp3) is 0.438. The number of amides is 1. The van der Waals surface area contributed by atoms with Crippen LogP contribution in [0.4, 0.5) is 0 Å². The van der Waals surface area contributed by atoms with Crippen molar-refractivity contribution in [1.82, 2.24) is 20.7 Å². The van der Waals surface area contributed by atoms with Crippen LogP contribution in [0, 0.1) is 0 Å². The van der Waals surface area contributed by atoms with Crippen LogP contribution in [0.1, 0.15) is 23.2 Å². The Balaban J connectivity index is 1.84. The van der Waals surface area contributed by atoms with E-state index < -0.39 is 0 Å². The molecular weight excluding hydrogens is 280 g/mol. The standard InChI is InChI=1S/C16H22N4O2/c1-19-9-6-13(7-10-19)20(15-5-8-17-18-15)16(22)12-3-2-4-14(21)11-12/h2-5,8,11,13,15,17-18,21H,6-7,9-10H2,1H3. The maximum absolute atomic E-state index is 13.0. The molecule has 1 aromatic carbocycles. The molecular formula is C16H22N4O2.